The fraction of sp³-hybridized carbons (Fsp3) is 0.519. The van der Waals surface area contributed by atoms with Crippen LogP contribution in [0.1, 0.15) is 95.1 Å². The van der Waals surface area contributed by atoms with Crippen LogP contribution in [0.5, 0.6) is 0 Å². The number of rotatable bonds is 15. The first-order valence-corrected chi connectivity index (χ1v) is 11.5. The van der Waals surface area contributed by atoms with E-state index in [1.807, 2.05) is 0 Å². The number of benzene rings is 2. The van der Waals surface area contributed by atoms with Crippen molar-refractivity contribution in [1.29, 1.82) is 0 Å². The van der Waals surface area contributed by atoms with Gasteiger partial charge in [0.05, 0.1) is 0 Å². The summed E-state index contributed by atoms with van der Waals surface area (Å²) < 4.78 is 0. The maximum atomic E-state index is 10.5. The first-order chi connectivity index (χ1) is 14.1. The summed E-state index contributed by atoms with van der Waals surface area (Å²) in [6.07, 6.45) is 13.6. The monoisotopic (exact) mass is 394 g/mol. The molecule has 0 aliphatic rings. The van der Waals surface area contributed by atoms with Gasteiger partial charge in [0, 0.05) is 11.8 Å². The largest absolute Gasteiger partial charge is 0.481 e. The quantitative estimate of drug-likeness (QED) is 0.313. The van der Waals surface area contributed by atoms with Crippen molar-refractivity contribution in [3.05, 3.63) is 71.8 Å². The highest BCUT2D eigenvalue weighted by molar-refractivity contribution is 5.66. The zero-order valence-corrected chi connectivity index (χ0v) is 18.1. The van der Waals surface area contributed by atoms with Crippen molar-refractivity contribution >= 4 is 5.97 Å². The second-order valence-corrected chi connectivity index (χ2v) is 8.49. The Kier molecular flexibility index (Phi) is 10.5. The van der Waals surface area contributed by atoms with Crippen molar-refractivity contribution < 1.29 is 9.90 Å². The molecule has 0 unspecified atom stereocenters. The van der Waals surface area contributed by atoms with Gasteiger partial charge in [0.1, 0.15) is 0 Å². The maximum Gasteiger partial charge on any atom is 0.303 e. The summed E-state index contributed by atoms with van der Waals surface area (Å²) in [7, 11) is 0. The maximum absolute atomic E-state index is 10.5. The normalized spacial score (nSPS) is 11.5. The minimum absolute atomic E-state index is 0.0818. The van der Waals surface area contributed by atoms with Gasteiger partial charge in [-0.05, 0) is 24.0 Å². The smallest absolute Gasteiger partial charge is 0.303 e. The summed E-state index contributed by atoms with van der Waals surface area (Å²) in [5, 5.41) is 8.64. The molecule has 2 heteroatoms. The summed E-state index contributed by atoms with van der Waals surface area (Å²) in [5.74, 6) is -0.666. The van der Waals surface area contributed by atoms with E-state index in [2.05, 4.69) is 67.6 Å². The molecular formula is C27H38O2. The number of carboxylic acids is 1. The minimum atomic E-state index is -0.666. The highest BCUT2D eigenvalue weighted by Gasteiger charge is 2.27. The van der Waals surface area contributed by atoms with Crippen molar-refractivity contribution in [2.45, 2.75) is 89.4 Å². The van der Waals surface area contributed by atoms with Crippen molar-refractivity contribution in [2.75, 3.05) is 0 Å². The van der Waals surface area contributed by atoms with Gasteiger partial charge in [-0.1, -0.05) is 125 Å². The summed E-state index contributed by atoms with van der Waals surface area (Å²) in [6, 6.07) is 21.9. The van der Waals surface area contributed by atoms with Crippen molar-refractivity contribution in [3.8, 4) is 0 Å². The molecule has 0 fully saturated rings. The highest BCUT2D eigenvalue weighted by Crippen LogP contribution is 2.36. The van der Waals surface area contributed by atoms with Crippen LogP contribution in [0, 0.1) is 0 Å². The van der Waals surface area contributed by atoms with E-state index in [4.69, 9.17) is 5.11 Å². The third-order valence-electron chi connectivity index (χ3n) is 6.14. The third-order valence-corrected chi connectivity index (χ3v) is 6.14. The third kappa shape index (κ3) is 8.43. The van der Waals surface area contributed by atoms with Crippen molar-refractivity contribution in [1.82, 2.24) is 0 Å². The lowest BCUT2D eigenvalue weighted by atomic mass is 9.72. The molecule has 2 rings (SSSR count). The molecule has 0 saturated carbocycles. The molecule has 0 aliphatic carbocycles. The molecule has 2 nitrogen and oxygen atoms in total. The Bertz CT molecular complexity index is 639. The Hall–Kier alpha value is -2.09. The summed E-state index contributed by atoms with van der Waals surface area (Å²) in [6.45, 7) is 2.39. The van der Waals surface area contributed by atoms with Gasteiger partial charge in [-0.3, -0.25) is 4.79 Å². The van der Waals surface area contributed by atoms with Crippen LogP contribution in [0.3, 0.4) is 0 Å². The molecule has 0 bridgehead atoms. The fourth-order valence-corrected chi connectivity index (χ4v) is 4.24. The van der Waals surface area contributed by atoms with E-state index >= 15 is 0 Å². The van der Waals surface area contributed by atoms with Gasteiger partial charge in [-0.25, -0.2) is 0 Å². The molecule has 29 heavy (non-hydrogen) atoms. The van der Waals surface area contributed by atoms with Gasteiger partial charge in [0.2, 0.25) is 0 Å². The lowest BCUT2D eigenvalue weighted by Gasteiger charge is -2.31. The summed E-state index contributed by atoms with van der Waals surface area (Å²) in [5.41, 5.74) is 2.90. The van der Waals surface area contributed by atoms with Crippen LogP contribution in [0.2, 0.25) is 0 Å². The molecule has 0 radical (unpaired) electrons. The van der Waals surface area contributed by atoms with Gasteiger partial charge >= 0.3 is 5.97 Å². The second kappa shape index (κ2) is 13.2. The highest BCUT2D eigenvalue weighted by atomic mass is 16.4. The lowest BCUT2D eigenvalue weighted by Crippen LogP contribution is -2.23. The zero-order valence-electron chi connectivity index (χ0n) is 18.1. The van der Waals surface area contributed by atoms with Crippen LogP contribution in [0.15, 0.2) is 60.7 Å². The van der Waals surface area contributed by atoms with Crippen LogP contribution in [0.25, 0.3) is 0 Å². The Labute approximate surface area is 177 Å². The van der Waals surface area contributed by atoms with E-state index < -0.39 is 5.97 Å². The number of hydrogen-bond donors (Lipinski definition) is 1. The lowest BCUT2D eigenvalue weighted by molar-refractivity contribution is -0.137. The standard InChI is InChI=1S/C27H38O2/c1-27(24-18-12-10-13-19-24,25-20-14-11-15-21-25)23-17-9-7-5-3-2-4-6-8-16-22-26(28)29/h10-15,18-21H,2-9,16-17,22-23H2,1H3,(H,28,29). The Morgan fingerprint density at radius 1 is 0.655 bits per heavy atom. The van der Waals surface area contributed by atoms with Crippen LogP contribution in [-0.2, 0) is 10.2 Å². The van der Waals surface area contributed by atoms with E-state index in [-0.39, 0.29) is 5.41 Å². The van der Waals surface area contributed by atoms with Gasteiger partial charge in [0.15, 0.2) is 0 Å². The topological polar surface area (TPSA) is 37.3 Å². The predicted octanol–water partition coefficient (Wildman–Crippen LogP) is 7.76. The van der Waals surface area contributed by atoms with Gasteiger partial charge in [-0.15, -0.1) is 0 Å². The first kappa shape index (κ1) is 23.2. The number of carboxylic acid groups (broad SMARTS) is 1. The molecular weight excluding hydrogens is 356 g/mol. The molecule has 2 aromatic rings. The Morgan fingerprint density at radius 3 is 1.45 bits per heavy atom. The van der Waals surface area contributed by atoms with E-state index in [0.29, 0.717) is 6.42 Å². The number of hydrogen-bond acceptors (Lipinski definition) is 1. The molecule has 0 aliphatic heterocycles. The van der Waals surface area contributed by atoms with Gasteiger partial charge in [-0.2, -0.15) is 0 Å². The molecule has 0 amide bonds. The first-order valence-electron chi connectivity index (χ1n) is 11.5. The minimum Gasteiger partial charge on any atom is -0.481 e. The number of unbranched alkanes of at least 4 members (excludes halogenated alkanes) is 9. The number of aliphatic carboxylic acids is 1. The number of carbonyl (C=O) groups is 1. The summed E-state index contributed by atoms with van der Waals surface area (Å²) in [4.78, 5) is 10.5. The predicted molar refractivity (Wildman–Crippen MR) is 122 cm³/mol. The molecule has 0 atom stereocenters. The Balaban J connectivity index is 1.65. The molecule has 2 aromatic carbocycles. The molecule has 0 spiro atoms. The molecule has 0 aromatic heterocycles. The van der Waals surface area contributed by atoms with Gasteiger partial charge < -0.3 is 5.11 Å². The van der Waals surface area contributed by atoms with E-state index in [9.17, 15) is 4.79 Å². The average Bonchev–Trinajstić information content (AvgIpc) is 2.75. The average molecular weight is 395 g/mol. The van der Waals surface area contributed by atoms with Crippen LogP contribution in [0.4, 0.5) is 0 Å². The Morgan fingerprint density at radius 2 is 1.03 bits per heavy atom. The van der Waals surface area contributed by atoms with Gasteiger partial charge in [0.25, 0.3) is 0 Å². The zero-order chi connectivity index (χ0) is 20.8. The summed E-state index contributed by atoms with van der Waals surface area (Å²) >= 11 is 0. The van der Waals surface area contributed by atoms with Crippen molar-refractivity contribution in [2.24, 2.45) is 0 Å². The van der Waals surface area contributed by atoms with Crippen molar-refractivity contribution in [3.63, 3.8) is 0 Å². The van der Waals surface area contributed by atoms with E-state index in [1.165, 1.54) is 68.9 Å². The molecule has 0 heterocycles. The molecule has 158 valence electrons. The van der Waals surface area contributed by atoms with Crippen LogP contribution in [-0.4, -0.2) is 11.1 Å². The molecule has 1 N–H and O–H groups in total. The fourth-order valence-electron chi connectivity index (χ4n) is 4.24. The van der Waals surface area contributed by atoms with E-state index in [1.54, 1.807) is 0 Å². The van der Waals surface area contributed by atoms with Crippen LogP contribution >= 0.6 is 0 Å². The second-order valence-electron chi connectivity index (χ2n) is 8.49. The van der Waals surface area contributed by atoms with Crippen LogP contribution < -0.4 is 0 Å². The molecule has 0 saturated heterocycles. The van der Waals surface area contributed by atoms with E-state index in [0.717, 1.165) is 12.8 Å². The SMILES string of the molecule is CC(CCCCCCCCCCCCC(=O)O)(c1ccccc1)c1ccccc1.